The molecule has 0 saturated heterocycles. The Labute approximate surface area is 160 Å². The third-order valence-electron chi connectivity index (χ3n) is 3.85. The minimum atomic E-state index is -0.518. The van der Waals surface area contributed by atoms with E-state index in [2.05, 4.69) is 4.98 Å². The normalized spacial score (nSPS) is 10.5. The van der Waals surface area contributed by atoms with Crippen LogP contribution in [0.3, 0.4) is 0 Å². The summed E-state index contributed by atoms with van der Waals surface area (Å²) in [6.07, 6.45) is 1.43. The molecule has 0 spiro atoms. The molecular weight excluding hydrogens is 364 g/mol. The van der Waals surface area contributed by atoms with Crippen LogP contribution < -0.4 is 9.47 Å². The maximum Gasteiger partial charge on any atom is 0.343 e. The van der Waals surface area contributed by atoms with Crippen LogP contribution in [0.15, 0.2) is 54.7 Å². The highest BCUT2D eigenvalue weighted by atomic mass is 16.6. The molecule has 0 radical (unpaired) electrons. The van der Waals surface area contributed by atoms with E-state index in [9.17, 15) is 14.9 Å². The lowest BCUT2D eigenvalue weighted by Crippen LogP contribution is -2.13. The topological polar surface area (TPSA) is 101 Å². The summed E-state index contributed by atoms with van der Waals surface area (Å²) < 4.78 is 16.4. The van der Waals surface area contributed by atoms with Gasteiger partial charge in [-0.05, 0) is 25.1 Å². The summed E-state index contributed by atoms with van der Waals surface area (Å²) in [7, 11) is 0. The minimum Gasteiger partial charge on any atom is -0.490 e. The largest absolute Gasteiger partial charge is 0.490 e. The molecule has 2 aromatic carbocycles. The molecular formula is C20H18N2O6. The van der Waals surface area contributed by atoms with Crippen LogP contribution in [-0.2, 0) is 4.74 Å². The molecule has 0 saturated carbocycles. The van der Waals surface area contributed by atoms with E-state index in [-0.39, 0.29) is 31.1 Å². The van der Waals surface area contributed by atoms with Gasteiger partial charge in [-0.3, -0.25) is 15.1 Å². The van der Waals surface area contributed by atoms with Crippen LogP contribution in [0.4, 0.5) is 5.69 Å². The van der Waals surface area contributed by atoms with Crippen molar-refractivity contribution in [3.8, 4) is 11.5 Å². The number of fused-ring (bicyclic) bond motifs is 1. The first-order valence-electron chi connectivity index (χ1n) is 8.65. The lowest BCUT2D eigenvalue weighted by atomic mass is 10.1. The smallest absolute Gasteiger partial charge is 0.343 e. The van der Waals surface area contributed by atoms with Crippen molar-refractivity contribution < 1.29 is 23.9 Å². The van der Waals surface area contributed by atoms with Crippen LogP contribution >= 0.6 is 0 Å². The maximum atomic E-state index is 12.2. The van der Waals surface area contributed by atoms with Crippen molar-refractivity contribution in [2.24, 2.45) is 0 Å². The summed E-state index contributed by atoms with van der Waals surface area (Å²) >= 11 is 0. The SMILES string of the molecule is CCOC(=O)c1cnc2ccccc2c1OCCOc1cccc([N+](=O)[O-])c1. The molecule has 8 nitrogen and oxygen atoms in total. The third-order valence-corrected chi connectivity index (χ3v) is 3.85. The Morgan fingerprint density at radius 1 is 1.11 bits per heavy atom. The van der Waals surface area contributed by atoms with E-state index in [1.165, 1.54) is 18.3 Å². The van der Waals surface area contributed by atoms with Gasteiger partial charge < -0.3 is 14.2 Å². The second-order valence-electron chi connectivity index (χ2n) is 5.69. The van der Waals surface area contributed by atoms with Crippen molar-refractivity contribution in [3.05, 3.63) is 70.4 Å². The van der Waals surface area contributed by atoms with E-state index in [1.807, 2.05) is 24.3 Å². The molecule has 28 heavy (non-hydrogen) atoms. The number of nitro groups is 1. The second-order valence-corrected chi connectivity index (χ2v) is 5.69. The minimum absolute atomic E-state index is 0.0526. The van der Waals surface area contributed by atoms with Crippen molar-refractivity contribution in [2.75, 3.05) is 19.8 Å². The van der Waals surface area contributed by atoms with Crippen LogP contribution in [0.1, 0.15) is 17.3 Å². The molecule has 1 heterocycles. The van der Waals surface area contributed by atoms with Crippen molar-refractivity contribution in [3.63, 3.8) is 0 Å². The van der Waals surface area contributed by atoms with Gasteiger partial charge in [-0.1, -0.05) is 18.2 Å². The number of nitro benzene ring substituents is 1. The number of non-ortho nitro benzene ring substituents is 1. The molecule has 3 aromatic rings. The molecule has 3 rings (SSSR count). The van der Waals surface area contributed by atoms with Gasteiger partial charge in [-0.25, -0.2) is 4.79 Å². The van der Waals surface area contributed by atoms with Crippen LogP contribution in [-0.4, -0.2) is 35.7 Å². The lowest BCUT2D eigenvalue weighted by Gasteiger charge is -2.13. The Morgan fingerprint density at radius 2 is 1.89 bits per heavy atom. The highest BCUT2D eigenvalue weighted by Crippen LogP contribution is 2.29. The van der Waals surface area contributed by atoms with Crippen molar-refractivity contribution in [1.29, 1.82) is 0 Å². The number of carbonyl (C=O) groups excluding carboxylic acids is 1. The van der Waals surface area contributed by atoms with Crippen LogP contribution in [0.25, 0.3) is 10.9 Å². The van der Waals surface area contributed by atoms with Gasteiger partial charge in [0, 0.05) is 17.6 Å². The number of hydrogen-bond acceptors (Lipinski definition) is 7. The quantitative estimate of drug-likeness (QED) is 0.253. The van der Waals surface area contributed by atoms with Crippen LogP contribution in [0, 0.1) is 10.1 Å². The van der Waals surface area contributed by atoms with Gasteiger partial charge in [0.25, 0.3) is 5.69 Å². The molecule has 0 atom stereocenters. The molecule has 0 amide bonds. The second kappa shape index (κ2) is 8.81. The number of benzene rings is 2. The summed E-state index contributed by atoms with van der Waals surface area (Å²) in [6.45, 7) is 2.23. The number of ether oxygens (including phenoxy) is 3. The third kappa shape index (κ3) is 4.35. The fraction of sp³-hybridized carbons (Fsp3) is 0.200. The Hall–Kier alpha value is -3.68. The van der Waals surface area contributed by atoms with E-state index in [0.717, 1.165) is 0 Å². The summed E-state index contributed by atoms with van der Waals surface area (Å²) in [4.78, 5) is 26.8. The zero-order valence-corrected chi connectivity index (χ0v) is 15.2. The summed E-state index contributed by atoms with van der Waals surface area (Å²) in [5.41, 5.74) is 0.865. The zero-order chi connectivity index (χ0) is 19.9. The van der Waals surface area contributed by atoms with Crippen molar-refractivity contribution in [2.45, 2.75) is 6.92 Å². The molecule has 0 N–H and O–H groups in total. The average Bonchev–Trinajstić information content (AvgIpc) is 2.71. The van der Waals surface area contributed by atoms with Crippen LogP contribution in [0.5, 0.6) is 11.5 Å². The number of pyridine rings is 1. The molecule has 8 heteroatoms. The number of aromatic nitrogens is 1. The highest BCUT2D eigenvalue weighted by Gasteiger charge is 2.18. The maximum absolute atomic E-state index is 12.2. The first-order valence-corrected chi connectivity index (χ1v) is 8.65. The van der Waals surface area contributed by atoms with E-state index in [1.54, 1.807) is 19.1 Å². The first kappa shape index (κ1) is 19.1. The summed E-state index contributed by atoms with van der Waals surface area (Å²) in [5, 5.41) is 11.5. The summed E-state index contributed by atoms with van der Waals surface area (Å²) in [5.74, 6) is 0.213. The fourth-order valence-corrected chi connectivity index (χ4v) is 2.62. The zero-order valence-electron chi connectivity index (χ0n) is 15.2. The van der Waals surface area contributed by atoms with E-state index >= 15 is 0 Å². The van der Waals surface area contributed by atoms with Gasteiger partial charge in [-0.2, -0.15) is 0 Å². The standard InChI is InChI=1S/C20H18N2O6/c1-2-26-20(23)17-13-21-18-9-4-3-8-16(18)19(17)28-11-10-27-15-7-5-6-14(12-15)22(24)25/h3-9,12-13H,2,10-11H2,1H3. The number of carbonyl (C=O) groups is 1. The van der Waals surface area contributed by atoms with Gasteiger partial charge in [0.2, 0.25) is 0 Å². The monoisotopic (exact) mass is 382 g/mol. The Kier molecular flexibility index (Phi) is 6.01. The number of rotatable bonds is 8. The van der Waals surface area contributed by atoms with Gasteiger partial charge >= 0.3 is 5.97 Å². The first-order chi connectivity index (χ1) is 13.6. The Balaban J connectivity index is 1.74. The molecule has 0 aliphatic heterocycles. The molecule has 0 aliphatic rings. The average molecular weight is 382 g/mol. The predicted molar refractivity (Wildman–Crippen MR) is 102 cm³/mol. The van der Waals surface area contributed by atoms with Gasteiger partial charge in [0.15, 0.2) is 0 Å². The fourth-order valence-electron chi connectivity index (χ4n) is 2.62. The molecule has 0 unspecified atom stereocenters. The van der Waals surface area contributed by atoms with Gasteiger partial charge in [0.1, 0.15) is 30.3 Å². The van der Waals surface area contributed by atoms with E-state index in [0.29, 0.717) is 22.4 Å². The molecule has 144 valence electrons. The number of hydrogen-bond donors (Lipinski definition) is 0. The highest BCUT2D eigenvalue weighted by molar-refractivity contribution is 5.99. The number of para-hydroxylation sites is 1. The van der Waals surface area contributed by atoms with Crippen LogP contribution in [0.2, 0.25) is 0 Å². The Morgan fingerprint density at radius 3 is 2.68 bits per heavy atom. The van der Waals surface area contributed by atoms with Crippen molar-refractivity contribution >= 4 is 22.6 Å². The predicted octanol–water partition coefficient (Wildman–Crippen LogP) is 3.78. The van der Waals surface area contributed by atoms with Gasteiger partial charge in [0.05, 0.1) is 23.1 Å². The summed E-state index contributed by atoms with van der Waals surface area (Å²) in [6, 6.07) is 13.2. The van der Waals surface area contributed by atoms with E-state index in [4.69, 9.17) is 14.2 Å². The molecule has 0 fully saturated rings. The van der Waals surface area contributed by atoms with E-state index < -0.39 is 10.9 Å². The Bertz CT molecular complexity index is 1000. The molecule has 0 aliphatic carbocycles. The molecule has 0 bridgehead atoms. The number of nitrogens with zero attached hydrogens (tertiary/aromatic N) is 2. The van der Waals surface area contributed by atoms with Gasteiger partial charge in [-0.15, -0.1) is 0 Å². The lowest BCUT2D eigenvalue weighted by molar-refractivity contribution is -0.384. The molecule has 1 aromatic heterocycles. The number of esters is 1. The van der Waals surface area contributed by atoms with Crippen molar-refractivity contribution in [1.82, 2.24) is 4.98 Å².